The van der Waals surface area contributed by atoms with Gasteiger partial charge in [0, 0.05) is 50.5 Å². The highest BCUT2D eigenvalue weighted by Gasteiger charge is 2.05. The van der Waals surface area contributed by atoms with Crippen molar-refractivity contribution in [2.45, 2.75) is 39.5 Å². The summed E-state index contributed by atoms with van der Waals surface area (Å²) in [6.45, 7) is 11.2. The first-order chi connectivity index (χ1) is 11.4. The molecule has 0 bridgehead atoms. The predicted molar refractivity (Wildman–Crippen MR) is 109 cm³/mol. The maximum atomic E-state index is 3.64. The SMILES string of the molecule is CCc1cccc([N+]([Si])=[Si](C)C)c1.C[Si](C)=[N+]([Si])c1ccccc1. The minimum atomic E-state index is -0.442. The first-order valence-corrected chi connectivity index (χ1v) is 13.9. The van der Waals surface area contributed by atoms with Gasteiger partial charge in [0.15, 0.2) is 11.4 Å². The molecule has 2 aromatic carbocycles. The molecule has 0 saturated carbocycles. The fraction of sp³-hybridized carbons (Fsp3) is 0.333. The third kappa shape index (κ3) is 6.80. The maximum Gasteiger partial charge on any atom is 0.532 e. The van der Waals surface area contributed by atoms with Crippen molar-refractivity contribution >= 4 is 49.4 Å². The van der Waals surface area contributed by atoms with Gasteiger partial charge in [-0.3, -0.25) is 0 Å². The molecule has 0 heterocycles. The Morgan fingerprint density at radius 1 is 0.750 bits per heavy atom. The van der Waals surface area contributed by atoms with Crippen LogP contribution < -0.4 is 0 Å². The predicted octanol–water partition coefficient (Wildman–Crippen LogP) is 4.43. The van der Waals surface area contributed by atoms with Crippen molar-refractivity contribution in [3.63, 3.8) is 0 Å². The van der Waals surface area contributed by atoms with E-state index in [0.717, 1.165) is 6.42 Å². The van der Waals surface area contributed by atoms with E-state index >= 15 is 0 Å². The van der Waals surface area contributed by atoms with Crippen LogP contribution in [0.4, 0.5) is 11.4 Å². The van der Waals surface area contributed by atoms with Gasteiger partial charge in [0.25, 0.3) is 0 Å². The molecule has 0 aliphatic carbocycles. The Balaban J connectivity index is 0.000000243. The molecular weight excluding hydrogens is 357 g/mol. The topological polar surface area (TPSA) is 6.02 Å². The van der Waals surface area contributed by atoms with Crippen LogP contribution in [0.1, 0.15) is 12.5 Å². The summed E-state index contributed by atoms with van der Waals surface area (Å²) < 4.78 is 4.36. The van der Waals surface area contributed by atoms with Gasteiger partial charge in [0.05, 0.1) is 0 Å². The van der Waals surface area contributed by atoms with Gasteiger partial charge in [-0.2, -0.15) is 0 Å². The number of aryl methyl sites for hydroxylation is 1. The number of benzene rings is 2. The molecule has 0 spiro atoms. The molecule has 2 nitrogen and oxygen atoms in total. The zero-order valence-corrected chi connectivity index (χ0v) is 19.3. The van der Waals surface area contributed by atoms with Gasteiger partial charge in [0.2, 0.25) is 0 Å². The van der Waals surface area contributed by atoms with Crippen molar-refractivity contribution in [1.29, 1.82) is 0 Å². The van der Waals surface area contributed by atoms with Crippen LogP contribution in [0.3, 0.4) is 0 Å². The molecule has 0 atom stereocenters. The largest absolute Gasteiger partial charge is 0.532 e. The third-order valence-corrected chi connectivity index (χ3v) is 8.99. The van der Waals surface area contributed by atoms with E-state index in [-0.39, 0.29) is 0 Å². The summed E-state index contributed by atoms with van der Waals surface area (Å²) >= 11 is 0. The smallest absolute Gasteiger partial charge is 0.350 e. The molecular formula is C18H26N2Si4+2. The van der Waals surface area contributed by atoms with Crippen LogP contribution in [0, 0.1) is 0 Å². The van der Waals surface area contributed by atoms with Crippen LogP contribution in [0.25, 0.3) is 0 Å². The number of hydrogen-bond acceptors (Lipinski definition) is 0. The van der Waals surface area contributed by atoms with Crippen LogP contribution in [-0.4, -0.2) is 45.8 Å². The van der Waals surface area contributed by atoms with E-state index in [1.54, 1.807) is 0 Å². The second-order valence-electron chi connectivity index (χ2n) is 5.92. The standard InChI is InChI=1S/C10H15NSi2.C8H11NSi2/c1-4-9-6-5-7-10(8-9)11(12)13(2)3;1-11(2)9(10)8-6-4-3-5-7-8/h5-8H,4H2,1-3H3;3-7H,1-2H3/q2*+1. The zero-order chi connectivity index (χ0) is 18.1. The summed E-state index contributed by atoms with van der Waals surface area (Å²) in [5, 5.41) is 0. The van der Waals surface area contributed by atoms with Gasteiger partial charge in [-0.1, -0.05) is 37.3 Å². The molecule has 6 heteroatoms. The van der Waals surface area contributed by atoms with Crippen molar-refractivity contribution in [3.8, 4) is 0 Å². The molecule has 24 heavy (non-hydrogen) atoms. The minimum absolute atomic E-state index is 0.418. The van der Waals surface area contributed by atoms with Crippen molar-refractivity contribution in [2.75, 3.05) is 0 Å². The van der Waals surface area contributed by atoms with E-state index in [4.69, 9.17) is 0 Å². The number of rotatable bonds is 3. The van der Waals surface area contributed by atoms with E-state index in [2.05, 4.69) is 98.1 Å². The summed E-state index contributed by atoms with van der Waals surface area (Å²) in [4.78, 5) is 0. The average Bonchev–Trinajstić information content (AvgIpc) is 2.61. The summed E-state index contributed by atoms with van der Waals surface area (Å²) in [7, 11) is 6.36. The molecule has 6 radical (unpaired) electrons. The number of nitrogens with zero attached hydrogens (tertiary/aromatic N) is 2. The van der Waals surface area contributed by atoms with Gasteiger partial charge < -0.3 is 7.77 Å². The highest BCUT2D eigenvalue weighted by Crippen LogP contribution is 2.13. The fourth-order valence-electron chi connectivity index (χ4n) is 2.01. The molecule has 0 aliphatic heterocycles. The number of hydrogen-bond donors (Lipinski definition) is 0. The zero-order valence-electron chi connectivity index (χ0n) is 15.3. The molecule has 0 amide bonds. The van der Waals surface area contributed by atoms with Crippen LogP contribution in [0.2, 0.25) is 26.2 Å². The monoisotopic (exact) mass is 382 g/mol. The molecule has 122 valence electrons. The molecule has 0 fully saturated rings. The van der Waals surface area contributed by atoms with Gasteiger partial charge in [-0.15, -0.1) is 0 Å². The Morgan fingerprint density at radius 3 is 1.75 bits per heavy atom. The van der Waals surface area contributed by atoms with Gasteiger partial charge in [-0.25, -0.2) is 0 Å². The first kappa shape index (κ1) is 21.0. The average molecular weight is 383 g/mol. The lowest BCUT2D eigenvalue weighted by atomic mass is 10.1. The van der Waals surface area contributed by atoms with E-state index in [0.29, 0.717) is 0 Å². The van der Waals surface area contributed by atoms with Crippen LogP contribution in [-0.2, 0) is 6.42 Å². The second kappa shape index (κ2) is 10.7. The maximum absolute atomic E-state index is 3.64. The van der Waals surface area contributed by atoms with E-state index in [1.165, 1.54) is 16.9 Å². The number of para-hydroxylation sites is 1. The molecule has 0 aromatic heterocycles. The Hall–Kier alpha value is -1.09. The van der Waals surface area contributed by atoms with E-state index in [9.17, 15) is 0 Å². The van der Waals surface area contributed by atoms with Crippen molar-refractivity contribution in [1.82, 2.24) is 0 Å². The molecule has 2 rings (SSSR count). The summed E-state index contributed by atoms with van der Waals surface area (Å²) in [5.41, 5.74) is 3.90. The Labute approximate surface area is 156 Å². The molecule has 0 saturated heterocycles. The van der Waals surface area contributed by atoms with Crippen LogP contribution in [0.15, 0.2) is 54.6 Å². The summed E-state index contributed by atoms with van der Waals surface area (Å²) in [6.07, 6.45) is 1.10. The highest BCUT2D eigenvalue weighted by molar-refractivity contribution is 6.42. The Bertz CT molecular complexity index is 717. The second-order valence-corrected chi connectivity index (χ2v) is 12.4. The quantitative estimate of drug-likeness (QED) is 0.693. The fourth-order valence-corrected chi connectivity index (χ4v) is 3.62. The van der Waals surface area contributed by atoms with E-state index in [1.807, 2.05) is 18.2 Å². The lowest BCUT2D eigenvalue weighted by Crippen LogP contribution is -2.09. The van der Waals surface area contributed by atoms with Gasteiger partial charge in [0.1, 0.15) is 0 Å². The minimum Gasteiger partial charge on any atom is -0.350 e. The Kier molecular flexibility index (Phi) is 9.35. The molecule has 2 aromatic rings. The highest BCUT2D eigenvalue weighted by atomic mass is 28.3. The summed E-state index contributed by atoms with van der Waals surface area (Å²) in [6, 6.07) is 19.0. The Morgan fingerprint density at radius 2 is 1.25 bits per heavy atom. The third-order valence-electron chi connectivity index (χ3n) is 3.49. The normalized spacial score (nSPS) is 9.62. The lowest BCUT2D eigenvalue weighted by Gasteiger charge is -2.01. The van der Waals surface area contributed by atoms with Gasteiger partial charge in [-0.05, 0) is 12.0 Å². The van der Waals surface area contributed by atoms with Crippen LogP contribution in [0.5, 0.6) is 0 Å². The van der Waals surface area contributed by atoms with Crippen molar-refractivity contribution in [2.24, 2.45) is 0 Å². The van der Waals surface area contributed by atoms with Gasteiger partial charge >= 0.3 is 38.0 Å². The molecule has 0 aliphatic rings. The molecule has 0 N–H and O–H groups in total. The van der Waals surface area contributed by atoms with Crippen molar-refractivity contribution in [3.05, 3.63) is 60.2 Å². The van der Waals surface area contributed by atoms with E-state index < -0.39 is 17.2 Å². The lowest BCUT2D eigenvalue weighted by molar-refractivity contribution is -0.254. The van der Waals surface area contributed by atoms with Crippen molar-refractivity contribution < 1.29 is 7.77 Å². The summed E-state index contributed by atoms with van der Waals surface area (Å²) in [5.74, 6) is 0. The van der Waals surface area contributed by atoms with Crippen LogP contribution >= 0.6 is 0 Å². The molecule has 0 unspecified atom stereocenters. The first-order valence-electron chi connectivity index (χ1n) is 8.13.